The molecule has 1 aliphatic heterocycles. The smallest absolute Gasteiger partial charge is 0.231 e. The van der Waals surface area contributed by atoms with Crippen LogP contribution in [0.15, 0.2) is 42.6 Å². The predicted octanol–water partition coefficient (Wildman–Crippen LogP) is 2.04. The maximum atomic E-state index is 12.1. The van der Waals surface area contributed by atoms with E-state index in [4.69, 9.17) is 9.47 Å². The van der Waals surface area contributed by atoms with Gasteiger partial charge in [0.2, 0.25) is 12.6 Å². The van der Waals surface area contributed by atoms with Gasteiger partial charge in [0.1, 0.15) is 5.69 Å². The minimum atomic E-state index is -0.121. The van der Waals surface area contributed by atoms with Crippen molar-refractivity contribution in [2.75, 3.05) is 6.79 Å². The second kappa shape index (κ2) is 3.90. The number of pyridine rings is 1. The summed E-state index contributed by atoms with van der Waals surface area (Å²) in [5.74, 6) is 1.15. The van der Waals surface area contributed by atoms with E-state index in [9.17, 15) is 4.79 Å². The molecule has 0 N–H and O–H groups in total. The largest absolute Gasteiger partial charge is 0.454 e. The zero-order valence-electron chi connectivity index (χ0n) is 8.92. The fourth-order valence-electron chi connectivity index (χ4n) is 1.68. The van der Waals surface area contributed by atoms with Crippen molar-refractivity contribution in [1.29, 1.82) is 0 Å². The van der Waals surface area contributed by atoms with Crippen LogP contribution in [0.2, 0.25) is 0 Å². The number of rotatable bonds is 2. The van der Waals surface area contributed by atoms with Gasteiger partial charge in [-0.05, 0) is 30.3 Å². The van der Waals surface area contributed by atoms with Crippen molar-refractivity contribution in [2.45, 2.75) is 0 Å². The lowest BCUT2D eigenvalue weighted by Crippen LogP contribution is -2.03. The first kappa shape index (κ1) is 9.84. The van der Waals surface area contributed by atoms with E-state index in [2.05, 4.69) is 4.98 Å². The number of ketones is 1. The molecule has 2 heterocycles. The maximum Gasteiger partial charge on any atom is 0.231 e. The molecule has 0 radical (unpaired) electrons. The van der Waals surface area contributed by atoms with Gasteiger partial charge in [0.25, 0.3) is 0 Å². The van der Waals surface area contributed by atoms with Crippen molar-refractivity contribution in [1.82, 2.24) is 4.98 Å². The number of hydrogen-bond donors (Lipinski definition) is 0. The summed E-state index contributed by atoms with van der Waals surface area (Å²) in [4.78, 5) is 16.1. The number of carbonyl (C=O) groups is 1. The molecule has 0 atom stereocenters. The Labute approximate surface area is 97.8 Å². The Balaban J connectivity index is 1.97. The van der Waals surface area contributed by atoms with Gasteiger partial charge < -0.3 is 9.47 Å². The summed E-state index contributed by atoms with van der Waals surface area (Å²) in [5, 5.41) is 0. The van der Waals surface area contributed by atoms with Gasteiger partial charge in [0.15, 0.2) is 11.5 Å². The summed E-state index contributed by atoms with van der Waals surface area (Å²) >= 11 is 0. The van der Waals surface area contributed by atoms with Crippen LogP contribution in [-0.4, -0.2) is 17.6 Å². The van der Waals surface area contributed by atoms with Crippen LogP contribution < -0.4 is 9.47 Å². The number of ether oxygens (including phenoxy) is 2. The second-order valence-electron chi connectivity index (χ2n) is 3.61. The van der Waals surface area contributed by atoms with Crippen LogP contribution in [-0.2, 0) is 0 Å². The highest BCUT2D eigenvalue weighted by molar-refractivity contribution is 6.08. The molecular formula is C13H9NO3. The summed E-state index contributed by atoms with van der Waals surface area (Å²) in [6.07, 6.45) is 1.60. The van der Waals surface area contributed by atoms with Gasteiger partial charge in [0, 0.05) is 11.8 Å². The quantitative estimate of drug-likeness (QED) is 0.736. The molecule has 3 rings (SSSR count). The molecule has 0 bridgehead atoms. The van der Waals surface area contributed by atoms with Crippen LogP contribution in [0.1, 0.15) is 16.1 Å². The molecule has 1 aliphatic rings. The van der Waals surface area contributed by atoms with Crippen LogP contribution in [0.25, 0.3) is 0 Å². The Morgan fingerprint density at radius 2 is 2.00 bits per heavy atom. The average molecular weight is 227 g/mol. The van der Waals surface area contributed by atoms with Crippen LogP contribution in [0.4, 0.5) is 0 Å². The lowest BCUT2D eigenvalue weighted by Gasteiger charge is -2.01. The first-order valence-corrected chi connectivity index (χ1v) is 5.20. The van der Waals surface area contributed by atoms with Gasteiger partial charge in [-0.3, -0.25) is 9.78 Å². The van der Waals surface area contributed by atoms with Gasteiger partial charge in [-0.1, -0.05) is 6.07 Å². The zero-order chi connectivity index (χ0) is 11.7. The molecule has 2 aromatic rings. The van der Waals surface area contributed by atoms with Gasteiger partial charge in [-0.2, -0.15) is 0 Å². The van der Waals surface area contributed by atoms with Gasteiger partial charge >= 0.3 is 0 Å². The number of benzene rings is 1. The van der Waals surface area contributed by atoms with Crippen LogP contribution in [0.5, 0.6) is 11.5 Å². The molecular weight excluding hydrogens is 218 g/mol. The highest BCUT2D eigenvalue weighted by Gasteiger charge is 2.17. The monoisotopic (exact) mass is 227 g/mol. The van der Waals surface area contributed by atoms with Crippen molar-refractivity contribution in [2.24, 2.45) is 0 Å². The highest BCUT2D eigenvalue weighted by atomic mass is 16.7. The lowest BCUT2D eigenvalue weighted by atomic mass is 10.1. The third-order valence-electron chi connectivity index (χ3n) is 2.53. The molecule has 0 saturated heterocycles. The number of aromatic nitrogens is 1. The van der Waals surface area contributed by atoms with Crippen molar-refractivity contribution < 1.29 is 14.3 Å². The molecule has 0 saturated carbocycles. The fourth-order valence-corrected chi connectivity index (χ4v) is 1.68. The minimum Gasteiger partial charge on any atom is -0.454 e. The fraction of sp³-hybridized carbons (Fsp3) is 0.0769. The van der Waals surface area contributed by atoms with E-state index >= 15 is 0 Å². The molecule has 1 aromatic carbocycles. The van der Waals surface area contributed by atoms with E-state index < -0.39 is 0 Å². The molecule has 0 spiro atoms. The minimum absolute atomic E-state index is 0.121. The van der Waals surface area contributed by atoms with E-state index in [1.165, 1.54) is 0 Å². The molecule has 84 valence electrons. The summed E-state index contributed by atoms with van der Waals surface area (Å²) < 4.78 is 10.4. The van der Waals surface area contributed by atoms with E-state index in [1.54, 1.807) is 42.6 Å². The topological polar surface area (TPSA) is 48.4 Å². The van der Waals surface area contributed by atoms with Crippen LogP contribution in [0.3, 0.4) is 0 Å². The maximum absolute atomic E-state index is 12.1. The first-order chi connectivity index (χ1) is 8.34. The number of hydrogen-bond acceptors (Lipinski definition) is 4. The lowest BCUT2D eigenvalue weighted by molar-refractivity contribution is 0.103. The van der Waals surface area contributed by atoms with Crippen molar-refractivity contribution in [3.8, 4) is 11.5 Å². The van der Waals surface area contributed by atoms with Crippen molar-refractivity contribution >= 4 is 5.78 Å². The summed E-state index contributed by atoms with van der Waals surface area (Å²) in [7, 11) is 0. The summed E-state index contributed by atoms with van der Waals surface area (Å²) in [6, 6.07) is 10.4. The Morgan fingerprint density at radius 1 is 1.12 bits per heavy atom. The van der Waals surface area contributed by atoms with Gasteiger partial charge in [-0.25, -0.2) is 0 Å². The Kier molecular flexibility index (Phi) is 2.26. The van der Waals surface area contributed by atoms with Gasteiger partial charge in [-0.15, -0.1) is 0 Å². The van der Waals surface area contributed by atoms with E-state index in [-0.39, 0.29) is 12.6 Å². The summed E-state index contributed by atoms with van der Waals surface area (Å²) in [6.45, 7) is 0.205. The molecule has 4 nitrogen and oxygen atoms in total. The second-order valence-corrected chi connectivity index (χ2v) is 3.61. The molecule has 0 unspecified atom stereocenters. The molecule has 0 aliphatic carbocycles. The predicted molar refractivity (Wildman–Crippen MR) is 60.2 cm³/mol. The van der Waals surface area contributed by atoms with Crippen LogP contribution >= 0.6 is 0 Å². The normalized spacial score (nSPS) is 12.5. The highest BCUT2D eigenvalue weighted by Crippen LogP contribution is 2.32. The standard InChI is InChI=1S/C13H9NO3/c15-13(10-3-1-2-6-14-10)9-4-5-11-12(7-9)17-8-16-11/h1-7H,8H2. The number of nitrogens with zero attached hydrogens (tertiary/aromatic N) is 1. The molecule has 17 heavy (non-hydrogen) atoms. The SMILES string of the molecule is O=C(c1ccc2c(c1)OCO2)c1ccccn1. The van der Waals surface area contributed by atoms with E-state index in [0.29, 0.717) is 22.8 Å². The van der Waals surface area contributed by atoms with Crippen LogP contribution in [0, 0.1) is 0 Å². The molecule has 0 fully saturated rings. The zero-order valence-corrected chi connectivity index (χ0v) is 8.92. The third-order valence-corrected chi connectivity index (χ3v) is 2.53. The molecule has 0 amide bonds. The molecule has 4 heteroatoms. The van der Waals surface area contributed by atoms with E-state index in [0.717, 1.165) is 0 Å². The first-order valence-electron chi connectivity index (χ1n) is 5.20. The Hall–Kier alpha value is -2.36. The number of carbonyl (C=O) groups excluding carboxylic acids is 1. The summed E-state index contributed by atoms with van der Waals surface area (Å²) in [5.41, 5.74) is 0.972. The van der Waals surface area contributed by atoms with Gasteiger partial charge in [0.05, 0.1) is 0 Å². The van der Waals surface area contributed by atoms with Crippen molar-refractivity contribution in [3.05, 3.63) is 53.9 Å². The molecule has 1 aromatic heterocycles. The van der Waals surface area contributed by atoms with Crippen molar-refractivity contribution in [3.63, 3.8) is 0 Å². The third kappa shape index (κ3) is 1.73. The Bertz CT molecular complexity index is 566. The Morgan fingerprint density at radius 3 is 2.82 bits per heavy atom. The average Bonchev–Trinajstić information content (AvgIpc) is 2.86. The van der Waals surface area contributed by atoms with E-state index in [1.807, 2.05) is 0 Å². The number of fused-ring (bicyclic) bond motifs is 1.